The van der Waals surface area contributed by atoms with E-state index in [9.17, 15) is 4.79 Å². The lowest BCUT2D eigenvalue weighted by Gasteiger charge is -2.14. The molecular weight excluding hydrogens is 323 g/mol. The van der Waals surface area contributed by atoms with Crippen molar-refractivity contribution < 1.29 is 14.3 Å². The molecule has 0 heterocycles. The maximum absolute atomic E-state index is 12.4. The quantitative estimate of drug-likeness (QED) is 0.741. The lowest BCUT2D eigenvalue weighted by atomic mass is 9.95. The van der Waals surface area contributed by atoms with Gasteiger partial charge in [-0.05, 0) is 47.1 Å². The molecule has 0 spiro atoms. The van der Waals surface area contributed by atoms with Crippen molar-refractivity contribution in [1.82, 2.24) is 0 Å². The van der Waals surface area contributed by atoms with Gasteiger partial charge in [-0.3, -0.25) is 4.79 Å². The summed E-state index contributed by atoms with van der Waals surface area (Å²) in [5.74, 6) is 1.76. The molecule has 22 heavy (non-hydrogen) atoms. The predicted octanol–water partition coefficient (Wildman–Crippen LogP) is 3.81. The largest absolute Gasteiger partial charge is 0.492 e. The fourth-order valence-corrected chi connectivity index (χ4v) is 2.68. The molecule has 0 radical (unpaired) electrons. The van der Waals surface area contributed by atoms with E-state index >= 15 is 0 Å². The molecule has 2 aliphatic rings. The monoisotopic (exact) mass is 336 g/mol. The second-order valence-electron chi connectivity index (χ2n) is 4.82. The van der Waals surface area contributed by atoms with E-state index in [4.69, 9.17) is 32.7 Å². The Bertz CT molecular complexity index is 702. The Labute approximate surface area is 138 Å². The number of allylic oxidation sites excluding steroid dienone is 4. The molecule has 0 unspecified atom stereocenters. The second kappa shape index (κ2) is 6.59. The predicted molar refractivity (Wildman–Crippen MR) is 88.4 cm³/mol. The summed E-state index contributed by atoms with van der Waals surface area (Å²) in [6.07, 6.45) is 5.48. The second-order valence-corrected chi connectivity index (χ2v) is 5.58. The highest BCUT2D eigenvalue weighted by Crippen LogP contribution is 2.40. The van der Waals surface area contributed by atoms with Gasteiger partial charge in [-0.1, -0.05) is 6.07 Å². The number of rotatable bonds is 6. The van der Waals surface area contributed by atoms with Crippen molar-refractivity contribution in [2.24, 2.45) is 0 Å². The molecule has 3 nitrogen and oxygen atoms in total. The first-order valence-electron chi connectivity index (χ1n) is 6.95. The van der Waals surface area contributed by atoms with Gasteiger partial charge in [-0.25, -0.2) is 0 Å². The van der Waals surface area contributed by atoms with Crippen LogP contribution in [0.15, 0.2) is 41.7 Å². The molecule has 0 atom stereocenters. The minimum atomic E-state index is -0.109. The third-order valence-corrected chi connectivity index (χ3v) is 3.76. The van der Waals surface area contributed by atoms with Crippen LogP contribution in [0, 0.1) is 0 Å². The van der Waals surface area contributed by atoms with E-state index in [2.05, 4.69) is 0 Å². The van der Waals surface area contributed by atoms with E-state index in [1.165, 1.54) is 0 Å². The molecule has 0 aliphatic heterocycles. The lowest BCUT2D eigenvalue weighted by molar-refractivity contribution is -0.115. The van der Waals surface area contributed by atoms with E-state index in [1.54, 1.807) is 6.08 Å². The van der Waals surface area contributed by atoms with Gasteiger partial charge in [0.05, 0.1) is 11.8 Å². The van der Waals surface area contributed by atoms with Crippen LogP contribution in [-0.4, -0.2) is 30.8 Å². The van der Waals surface area contributed by atoms with Crippen LogP contribution in [0.2, 0.25) is 0 Å². The Morgan fingerprint density at radius 3 is 2.50 bits per heavy atom. The van der Waals surface area contributed by atoms with E-state index in [1.807, 2.05) is 30.4 Å². The summed E-state index contributed by atoms with van der Waals surface area (Å²) in [7, 11) is 0. The third kappa shape index (κ3) is 2.79. The van der Waals surface area contributed by atoms with Crippen LogP contribution in [0.3, 0.4) is 0 Å². The van der Waals surface area contributed by atoms with Gasteiger partial charge in [0.25, 0.3) is 0 Å². The van der Waals surface area contributed by atoms with Gasteiger partial charge in [-0.15, -0.1) is 23.2 Å². The number of Topliss-reactive ketones (excluding diaryl/α,β-unsaturated/α-hetero) is 1. The van der Waals surface area contributed by atoms with E-state index in [-0.39, 0.29) is 5.78 Å². The number of ketones is 1. The highest BCUT2D eigenvalue weighted by Gasteiger charge is 2.29. The van der Waals surface area contributed by atoms with Gasteiger partial charge in [0.1, 0.15) is 19.0 Å². The summed E-state index contributed by atoms with van der Waals surface area (Å²) in [5, 5.41) is 0. The van der Waals surface area contributed by atoms with Crippen LogP contribution in [-0.2, 0) is 9.53 Å². The molecule has 114 valence electrons. The molecule has 0 aromatic heterocycles. The van der Waals surface area contributed by atoms with Crippen molar-refractivity contribution >= 4 is 40.6 Å². The number of fused-ring (bicyclic) bond motifs is 3. The number of benzene rings is 1. The van der Waals surface area contributed by atoms with E-state index in [0.29, 0.717) is 36.3 Å². The van der Waals surface area contributed by atoms with Crippen molar-refractivity contribution in [3.63, 3.8) is 0 Å². The van der Waals surface area contributed by atoms with Crippen LogP contribution in [0.25, 0.3) is 11.6 Å². The topological polar surface area (TPSA) is 35.5 Å². The average molecular weight is 337 g/mol. The van der Waals surface area contributed by atoms with Crippen molar-refractivity contribution in [3.05, 3.63) is 52.8 Å². The number of carbonyl (C=O) groups excluding carboxylic acids is 1. The van der Waals surface area contributed by atoms with E-state index < -0.39 is 0 Å². The van der Waals surface area contributed by atoms with Crippen LogP contribution < -0.4 is 4.74 Å². The van der Waals surface area contributed by atoms with Crippen LogP contribution in [0.1, 0.15) is 11.1 Å². The Kier molecular flexibility index (Phi) is 4.55. The first-order chi connectivity index (χ1) is 10.7. The molecule has 3 rings (SSSR count). The summed E-state index contributed by atoms with van der Waals surface area (Å²) in [4.78, 5) is 12.4. The molecule has 0 bridgehead atoms. The number of carbonyl (C=O) groups is 1. The van der Waals surface area contributed by atoms with Crippen LogP contribution >= 0.6 is 23.2 Å². The highest BCUT2D eigenvalue weighted by molar-refractivity contribution is 6.25. The smallest absolute Gasteiger partial charge is 0.228 e. The minimum absolute atomic E-state index is 0.109. The van der Waals surface area contributed by atoms with Crippen molar-refractivity contribution in [2.45, 2.75) is 0 Å². The molecule has 0 fully saturated rings. The standard InChI is InChI=1S/C17H14Cl2O3/c18-5-7-21-12-1-2-13-11(9-12)10-15-14(13)3-4-16(17(15)20)22-8-6-19/h1-4,9-10H,5-8H2. The Hall–Kier alpha value is -1.71. The fraction of sp³-hybridized carbons (Fsp3) is 0.235. The summed E-state index contributed by atoms with van der Waals surface area (Å²) < 4.78 is 10.9. The van der Waals surface area contributed by atoms with Crippen molar-refractivity contribution in [2.75, 3.05) is 25.0 Å². The number of ether oxygens (including phenoxy) is 2. The van der Waals surface area contributed by atoms with Gasteiger partial charge in [0, 0.05) is 5.57 Å². The zero-order chi connectivity index (χ0) is 15.5. The van der Waals surface area contributed by atoms with Gasteiger partial charge in [-0.2, -0.15) is 0 Å². The number of hydrogen-bond acceptors (Lipinski definition) is 3. The first-order valence-corrected chi connectivity index (χ1v) is 8.02. The first kappa shape index (κ1) is 15.2. The maximum Gasteiger partial charge on any atom is 0.228 e. The zero-order valence-electron chi connectivity index (χ0n) is 11.8. The average Bonchev–Trinajstić information content (AvgIpc) is 2.91. The van der Waals surface area contributed by atoms with Crippen LogP contribution in [0.4, 0.5) is 0 Å². The van der Waals surface area contributed by atoms with Gasteiger partial charge in [0.15, 0.2) is 5.76 Å². The van der Waals surface area contributed by atoms with Gasteiger partial charge in [0.2, 0.25) is 5.78 Å². The summed E-state index contributed by atoms with van der Waals surface area (Å²) in [6, 6.07) is 5.76. The Balaban J connectivity index is 1.88. The normalized spacial score (nSPS) is 15.5. The molecule has 0 N–H and O–H groups in total. The Morgan fingerprint density at radius 1 is 0.955 bits per heavy atom. The zero-order valence-corrected chi connectivity index (χ0v) is 13.3. The molecule has 2 aliphatic carbocycles. The number of halogens is 2. The molecule has 0 amide bonds. The highest BCUT2D eigenvalue weighted by atomic mass is 35.5. The Morgan fingerprint density at radius 2 is 1.73 bits per heavy atom. The molecule has 1 aromatic carbocycles. The molecular formula is C17H14Cl2O3. The van der Waals surface area contributed by atoms with Crippen molar-refractivity contribution in [1.29, 1.82) is 0 Å². The van der Waals surface area contributed by atoms with Crippen molar-refractivity contribution in [3.8, 4) is 5.75 Å². The van der Waals surface area contributed by atoms with Gasteiger partial charge < -0.3 is 9.47 Å². The number of hydrogen-bond donors (Lipinski definition) is 0. The molecule has 1 aromatic rings. The fourth-order valence-electron chi connectivity index (χ4n) is 2.53. The van der Waals surface area contributed by atoms with Crippen LogP contribution in [0.5, 0.6) is 5.75 Å². The lowest BCUT2D eigenvalue weighted by Crippen LogP contribution is -2.13. The summed E-state index contributed by atoms with van der Waals surface area (Å²) in [5.41, 5.74) is 3.56. The number of alkyl halides is 2. The SMILES string of the molecule is O=C1C(OCCCl)=CC=C2C1=Cc1cc(OCCCl)ccc12. The molecule has 5 heteroatoms. The van der Waals surface area contributed by atoms with E-state index in [0.717, 1.165) is 22.4 Å². The summed E-state index contributed by atoms with van der Waals surface area (Å²) >= 11 is 11.2. The maximum atomic E-state index is 12.4. The molecule has 0 saturated carbocycles. The van der Waals surface area contributed by atoms with Gasteiger partial charge >= 0.3 is 0 Å². The third-order valence-electron chi connectivity index (χ3n) is 3.45. The molecule has 0 saturated heterocycles. The minimum Gasteiger partial charge on any atom is -0.492 e. The summed E-state index contributed by atoms with van der Waals surface area (Å²) in [6.45, 7) is 0.773.